The van der Waals surface area contributed by atoms with Crippen molar-refractivity contribution in [1.82, 2.24) is 10.2 Å². The lowest BCUT2D eigenvalue weighted by Gasteiger charge is -2.03. The van der Waals surface area contributed by atoms with E-state index >= 15 is 0 Å². The zero-order valence-corrected chi connectivity index (χ0v) is 10.8. The van der Waals surface area contributed by atoms with E-state index in [0.717, 1.165) is 4.34 Å². The molecule has 0 saturated heterocycles. The summed E-state index contributed by atoms with van der Waals surface area (Å²) < 4.78 is 5.76. The summed E-state index contributed by atoms with van der Waals surface area (Å²) >= 11 is 3.08. The predicted octanol–water partition coefficient (Wildman–Crippen LogP) is 2.75. The van der Waals surface area contributed by atoms with Crippen LogP contribution in [0.15, 0.2) is 4.34 Å². The molecule has 0 amide bonds. The van der Waals surface area contributed by atoms with Gasteiger partial charge in [-0.2, -0.15) is 0 Å². The summed E-state index contributed by atoms with van der Waals surface area (Å²) in [5.74, 6) is -0.363. The molecular weight excluding hydrogens is 244 g/mol. The number of carbonyl (C=O) groups excluding carboxylic acids is 1. The fraction of sp³-hybridized carbons (Fsp3) is 0.700. The van der Waals surface area contributed by atoms with Gasteiger partial charge in [0.05, 0.1) is 6.61 Å². The summed E-state index contributed by atoms with van der Waals surface area (Å²) in [6, 6.07) is 0. The van der Waals surface area contributed by atoms with E-state index in [1.807, 2.05) is 0 Å². The Bertz CT molecular complexity index is 361. The maximum atomic E-state index is 11.4. The molecule has 1 aromatic heterocycles. The molecule has 4 nitrogen and oxygen atoms in total. The highest BCUT2D eigenvalue weighted by molar-refractivity contribution is 8.01. The van der Waals surface area contributed by atoms with Gasteiger partial charge in [-0.05, 0) is 19.8 Å². The molecule has 88 valence electrons. The third kappa shape index (κ3) is 2.95. The van der Waals surface area contributed by atoms with Gasteiger partial charge in [0.2, 0.25) is 5.01 Å². The maximum Gasteiger partial charge on any atom is 0.369 e. The number of ether oxygens (including phenoxy) is 1. The van der Waals surface area contributed by atoms with Crippen LogP contribution in [0.25, 0.3) is 0 Å². The second kappa shape index (κ2) is 5.63. The van der Waals surface area contributed by atoms with Crippen LogP contribution in [0, 0.1) is 0 Å². The molecule has 2 rings (SSSR count). The number of hydrogen-bond acceptors (Lipinski definition) is 6. The van der Waals surface area contributed by atoms with E-state index < -0.39 is 0 Å². The van der Waals surface area contributed by atoms with E-state index in [4.69, 9.17) is 4.74 Å². The van der Waals surface area contributed by atoms with Gasteiger partial charge in [0, 0.05) is 5.25 Å². The van der Waals surface area contributed by atoms with Crippen molar-refractivity contribution in [3.05, 3.63) is 5.01 Å². The zero-order valence-electron chi connectivity index (χ0n) is 9.14. The third-order valence-corrected chi connectivity index (χ3v) is 4.75. The Kier molecular flexibility index (Phi) is 4.17. The molecule has 16 heavy (non-hydrogen) atoms. The topological polar surface area (TPSA) is 52.1 Å². The molecule has 1 aromatic rings. The molecule has 0 radical (unpaired) electrons. The Morgan fingerprint density at radius 1 is 1.50 bits per heavy atom. The Hall–Kier alpha value is -0.620. The van der Waals surface area contributed by atoms with Crippen LogP contribution in [0.3, 0.4) is 0 Å². The third-order valence-electron chi connectivity index (χ3n) is 2.43. The molecule has 1 aliphatic carbocycles. The lowest BCUT2D eigenvalue weighted by atomic mass is 10.4. The van der Waals surface area contributed by atoms with E-state index in [-0.39, 0.29) is 5.97 Å². The van der Waals surface area contributed by atoms with Gasteiger partial charge in [-0.25, -0.2) is 4.79 Å². The molecule has 6 heteroatoms. The van der Waals surface area contributed by atoms with Crippen LogP contribution in [0.2, 0.25) is 0 Å². The van der Waals surface area contributed by atoms with Crippen molar-refractivity contribution in [1.29, 1.82) is 0 Å². The predicted molar refractivity (Wildman–Crippen MR) is 64.0 cm³/mol. The highest BCUT2D eigenvalue weighted by Crippen LogP contribution is 2.35. The summed E-state index contributed by atoms with van der Waals surface area (Å²) in [7, 11) is 0. The van der Waals surface area contributed by atoms with Gasteiger partial charge in [0.25, 0.3) is 0 Å². The van der Waals surface area contributed by atoms with E-state index in [1.165, 1.54) is 37.0 Å². The minimum Gasteiger partial charge on any atom is -0.461 e. The van der Waals surface area contributed by atoms with Gasteiger partial charge in [-0.3, -0.25) is 0 Å². The molecule has 1 heterocycles. The Morgan fingerprint density at radius 2 is 2.25 bits per heavy atom. The van der Waals surface area contributed by atoms with E-state index in [2.05, 4.69) is 10.2 Å². The van der Waals surface area contributed by atoms with Gasteiger partial charge >= 0.3 is 5.97 Å². The van der Waals surface area contributed by atoms with Crippen LogP contribution in [0.5, 0.6) is 0 Å². The molecule has 0 spiro atoms. The fourth-order valence-corrected chi connectivity index (χ4v) is 3.93. The first kappa shape index (κ1) is 11.9. The minimum absolute atomic E-state index is 0.363. The quantitative estimate of drug-likeness (QED) is 0.777. The van der Waals surface area contributed by atoms with Crippen LogP contribution in [0.4, 0.5) is 0 Å². The SMILES string of the molecule is CCOC(=O)c1nnc(SC2CCCC2)s1. The summed E-state index contributed by atoms with van der Waals surface area (Å²) in [5, 5.41) is 8.88. The lowest BCUT2D eigenvalue weighted by molar-refractivity contribution is 0.0525. The minimum atomic E-state index is -0.363. The van der Waals surface area contributed by atoms with Crippen molar-refractivity contribution in [2.45, 2.75) is 42.2 Å². The van der Waals surface area contributed by atoms with E-state index in [9.17, 15) is 4.79 Å². The van der Waals surface area contributed by atoms with Gasteiger partial charge < -0.3 is 4.74 Å². The van der Waals surface area contributed by atoms with Crippen LogP contribution < -0.4 is 0 Å². The molecule has 0 bridgehead atoms. The lowest BCUT2D eigenvalue weighted by Crippen LogP contribution is -2.03. The summed E-state index contributed by atoms with van der Waals surface area (Å²) in [6.07, 6.45) is 5.11. The van der Waals surface area contributed by atoms with Crippen molar-refractivity contribution < 1.29 is 9.53 Å². The van der Waals surface area contributed by atoms with Crippen LogP contribution in [0.1, 0.15) is 42.4 Å². The fourth-order valence-electron chi connectivity index (χ4n) is 1.68. The first-order chi connectivity index (χ1) is 7.79. The van der Waals surface area contributed by atoms with Gasteiger partial charge in [0.1, 0.15) is 0 Å². The number of carbonyl (C=O) groups is 1. The van der Waals surface area contributed by atoms with E-state index in [0.29, 0.717) is 16.9 Å². The van der Waals surface area contributed by atoms with Gasteiger partial charge in [-0.15, -0.1) is 10.2 Å². The number of rotatable bonds is 4. The summed E-state index contributed by atoms with van der Waals surface area (Å²) in [4.78, 5) is 11.4. The number of aromatic nitrogens is 2. The molecule has 0 aliphatic heterocycles. The van der Waals surface area contributed by atoms with Crippen molar-refractivity contribution in [3.8, 4) is 0 Å². The summed E-state index contributed by atoms with van der Waals surface area (Å²) in [5.41, 5.74) is 0. The standard InChI is InChI=1S/C10H14N2O2S2/c1-2-14-9(13)8-11-12-10(16-8)15-7-5-3-4-6-7/h7H,2-6H2,1H3. The number of hydrogen-bond donors (Lipinski definition) is 0. The van der Waals surface area contributed by atoms with Crippen LogP contribution >= 0.6 is 23.1 Å². The average Bonchev–Trinajstić information content (AvgIpc) is 2.90. The Labute approximate surface area is 103 Å². The maximum absolute atomic E-state index is 11.4. The summed E-state index contributed by atoms with van der Waals surface area (Å²) in [6.45, 7) is 2.16. The highest BCUT2D eigenvalue weighted by Gasteiger charge is 2.20. The second-order valence-corrected chi connectivity index (χ2v) is 6.14. The van der Waals surface area contributed by atoms with Crippen molar-refractivity contribution in [2.75, 3.05) is 6.61 Å². The number of thioether (sulfide) groups is 1. The Balaban J connectivity index is 1.93. The van der Waals surface area contributed by atoms with Crippen LogP contribution in [-0.2, 0) is 4.74 Å². The first-order valence-electron chi connectivity index (χ1n) is 5.47. The highest BCUT2D eigenvalue weighted by atomic mass is 32.2. The van der Waals surface area contributed by atoms with Crippen LogP contribution in [-0.4, -0.2) is 28.0 Å². The average molecular weight is 258 g/mol. The molecule has 0 atom stereocenters. The molecular formula is C10H14N2O2S2. The molecule has 1 aliphatic rings. The molecule has 0 N–H and O–H groups in total. The Morgan fingerprint density at radius 3 is 2.94 bits per heavy atom. The zero-order chi connectivity index (χ0) is 11.4. The smallest absolute Gasteiger partial charge is 0.369 e. The number of esters is 1. The van der Waals surface area contributed by atoms with Crippen molar-refractivity contribution >= 4 is 29.1 Å². The molecule has 1 fully saturated rings. The molecule has 1 saturated carbocycles. The second-order valence-electron chi connectivity index (χ2n) is 3.62. The molecule has 0 unspecified atom stereocenters. The molecule has 0 aromatic carbocycles. The van der Waals surface area contributed by atoms with Gasteiger partial charge in [0.15, 0.2) is 4.34 Å². The first-order valence-corrected chi connectivity index (χ1v) is 7.16. The van der Waals surface area contributed by atoms with Gasteiger partial charge in [-0.1, -0.05) is 35.9 Å². The van der Waals surface area contributed by atoms with E-state index in [1.54, 1.807) is 18.7 Å². The normalized spacial score (nSPS) is 16.6. The van der Waals surface area contributed by atoms with Crippen molar-refractivity contribution in [3.63, 3.8) is 0 Å². The number of nitrogens with zero attached hydrogens (tertiary/aromatic N) is 2. The van der Waals surface area contributed by atoms with Crippen molar-refractivity contribution in [2.24, 2.45) is 0 Å². The largest absolute Gasteiger partial charge is 0.461 e. The monoisotopic (exact) mass is 258 g/mol.